The third-order valence-corrected chi connectivity index (χ3v) is 4.90. The minimum Gasteiger partial charge on any atom is -0.376 e. The summed E-state index contributed by atoms with van der Waals surface area (Å²) in [5.41, 5.74) is 11.6. The maximum atomic E-state index is 13.8. The van der Waals surface area contributed by atoms with E-state index in [1.54, 1.807) is 6.07 Å². The van der Waals surface area contributed by atoms with Gasteiger partial charge >= 0.3 is 0 Å². The molecule has 2 heterocycles. The van der Waals surface area contributed by atoms with E-state index in [-0.39, 0.29) is 23.9 Å². The smallest absolute Gasteiger partial charge is 0.251 e. The fourth-order valence-electron chi connectivity index (χ4n) is 3.29. The zero-order valence-corrected chi connectivity index (χ0v) is 16.4. The van der Waals surface area contributed by atoms with E-state index >= 15 is 0 Å². The number of carbonyl (C=O) groups is 3. The maximum Gasteiger partial charge on any atom is 0.251 e. The van der Waals surface area contributed by atoms with Crippen LogP contribution in [0.4, 0.5) is 4.39 Å². The lowest BCUT2D eigenvalue weighted by Crippen LogP contribution is -2.55. The van der Waals surface area contributed by atoms with Crippen LogP contribution in [0.1, 0.15) is 22.0 Å². The molecule has 0 radical (unpaired) electrons. The van der Waals surface area contributed by atoms with Crippen LogP contribution in [0, 0.1) is 5.82 Å². The van der Waals surface area contributed by atoms with Gasteiger partial charge in [-0.15, -0.1) is 0 Å². The van der Waals surface area contributed by atoms with E-state index in [0.29, 0.717) is 16.8 Å². The molecule has 0 bridgehead atoms. The van der Waals surface area contributed by atoms with E-state index < -0.39 is 35.6 Å². The Morgan fingerprint density at radius 2 is 1.97 bits per heavy atom. The molecule has 1 aromatic heterocycles. The maximum absolute atomic E-state index is 13.8. The van der Waals surface area contributed by atoms with E-state index in [2.05, 4.69) is 11.6 Å². The van der Waals surface area contributed by atoms with Gasteiger partial charge in [-0.25, -0.2) is 9.37 Å². The molecule has 1 saturated heterocycles. The Morgan fingerprint density at radius 1 is 1.23 bits per heavy atom. The van der Waals surface area contributed by atoms with Crippen LogP contribution in [0.3, 0.4) is 0 Å². The lowest BCUT2D eigenvalue weighted by molar-refractivity contribution is -0.149. The molecule has 0 unspecified atom stereocenters. The molecule has 1 aliphatic heterocycles. The largest absolute Gasteiger partial charge is 0.376 e. The number of hydrogen-bond donors (Lipinski definition) is 2. The Kier molecular flexibility index (Phi) is 6.14. The molecular formula is C20H18ClFN4O4. The molecule has 1 fully saturated rings. The van der Waals surface area contributed by atoms with Crippen molar-refractivity contribution in [2.24, 2.45) is 11.5 Å². The number of morpholine rings is 1. The van der Waals surface area contributed by atoms with E-state index in [9.17, 15) is 18.8 Å². The van der Waals surface area contributed by atoms with E-state index in [1.807, 2.05) is 0 Å². The third kappa shape index (κ3) is 4.17. The molecule has 0 saturated carbocycles. The van der Waals surface area contributed by atoms with Crippen molar-refractivity contribution < 1.29 is 23.5 Å². The summed E-state index contributed by atoms with van der Waals surface area (Å²) < 4.78 is 19.3. The summed E-state index contributed by atoms with van der Waals surface area (Å²) in [7, 11) is 0. The first-order valence-corrected chi connectivity index (χ1v) is 9.19. The molecule has 10 heteroatoms. The van der Waals surface area contributed by atoms with Crippen LogP contribution < -0.4 is 11.5 Å². The summed E-state index contributed by atoms with van der Waals surface area (Å²) in [5.74, 6) is -2.91. The fraction of sp³-hybridized carbons (Fsp3) is 0.200. The number of amides is 3. The second-order valence-electron chi connectivity index (χ2n) is 6.59. The van der Waals surface area contributed by atoms with E-state index in [0.717, 1.165) is 12.1 Å². The predicted molar refractivity (Wildman–Crippen MR) is 107 cm³/mol. The first-order valence-electron chi connectivity index (χ1n) is 8.82. The van der Waals surface area contributed by atoms with Crippen LogP contribution in [-0.2, 0) is 14.3 Å². The van der Waals surface area contributed by atoms with Crippen molar-refractivity contribution in [2.75, 3.05) is 13.2 Å². The number of benzene rings is 1. The predicted octanol–water partition coefficient (Wildman–Crippen LogP) is 1.58. The van der Waals surface area contributed by atoms with Gasteiger partial charge in [-0.1, -0.05) is 18.2 Å². The number of pyridine rings is 1. The topological polar surface area (TPSA) is 129 Å². The number of carbonyl (C=O) groups excluding carboxylic acids is 3. The van der Waals surface area contributed by atoms with Crippen LogP contribution in [0.2, 0.25) is 5.15 Å². The van der Waals surface area contributed by atoms with Crippen LogP contribution in [0.5, 0.6) is 0 Å². The molecular weight excluding hydrogens is 415 g/mol. The normalized spacial score (nSPS) is 18.7. The van der Waals surface area contributed by atoms with Crippen LogP contribution in [0.25, 0.3) is 11.3 Å². The highest BCUT2D eigenvalue weighted by Gasteiger charge is 2.38. The SMILES string of the molecule is C=CC(=O)N1[C@H](C(N)=O)COC[C@H]1c1cc(Cl)nc(-c2ccc(F)c(C(N)=O)c2)c1. The summed E-state index contributed by atoms with van der Waals surface area (Å²) in [5, 5.41) is 0.0830. The summed E-state index contributed by atoms with van der Waals surface area (Å²) >= 11 is 6.18. The van der Waals surface area contributed by atoms with Gasteiger partial charge < -0.3 is 21.1 Å². The number of nitrogens with zero attached hydrogens (tertiary/aromatic N) is 2. The van der Waals surface area contributed by atoms with Gasteiger partial charge in [-0.2, -0.15) is 0 Å². The first-order chi connectivity index (χ1) is 14.2. The third-order valence-electron chi connectivity index (χ3n) is 4.71. The standard InChI is InChI=1S/C20H18ClFN4O4/c1-2-18(27)26-15(8-30-9-16(26)20(24)29)11-6-14(25-17(21)7-11)10-3-4-13(22)12(5-10)19(23)28/h2-7,15-16H,1,8-9H2,(H2,23,28)(H2,24,29)/t15-,16-/m0/s1. The molecule has 3 amide bonds. The lowest BCUT2D eigenvalue weighted by atomic mass is 9.99. The molecule has 1 aromatic carbocycles. The van der Waals surface area contributed by atoms with Crippen LogP contribution >= 0.6 is 11.6 Å². The second kappa shape index (κ2) is 8.60. The van der Waals surface area contributed by atoms with Gasteiger partial charge in [0.15, 0.2) is 0 Å². The van der Waals surface area contributed by atoms with Gasteiger partial charge in [0, 0.05) is 5.56 Å². The molecule has 4 N–H and O–H groups in total. The average Bonchev–Trinajstić information content (AvgIpc) is 2.72. The van der Waals surface area contributed by atoms with Gasteiger partial charge in [0.2, 0.25) is 11.8 Å². The Labute approximate surface area is 176 Å². The monoisotopic (exact) mass is 432 g/mol. The molecule has 0 aliphatic carbocycles. The summed E-state index contributed by atoms with van der Waals surface area (Å²) in [4.78, 5) is 41.3. The molecule has 156 valence electrons. The molecule has 30 heavy (non-hydrogen) atoms. The number of primary amides is 2. The zero-order chi connectivity index (χ0) is 22.0. The Morgan fingerprint density at radius 3 is 2.60 bits per heavy atom. The van der Waals surface area contributed by atoms with Crippen LogP contribution in [-0.4, -0.2) is 46.9 Å². The van der Waals surface area contributed by atoms with Crippen molar-refractivity contribution >= 4 is 29.3 Å². The van der Waals surface area contributed by atoms with Crippen molar-refractivity contribution in [3.05, 3.63) is 65.1 Å². The Hall–Kier alpha value is -3.30. The van der Waals surface area contributed by atoms with E-state index in [1.165, 1.54) is 23.1 Å². The van der Waals surface area contributed by atoms with Gasteiger partial charge in [0.25, 0.3) is 5.91 Å². The highest BCUT2D eigenvalue weighted by atomic mass is 35.5. The number of ether oxygens (including phenoxy) is 1. The highest BCUT2D eigenvalue weighted by Crippen LogP contribution is 2.32. The molecule has 2 aromatic rings. The summed E-state index contributed by atoms with van der Waals surface area (Å²) in [6, 6.07) is 5.21. The first kappa shape index (κ1) is 21.4. The van der Waals surface area contributed by atoms with Crippen molar-refractivity contribution in [1.29, 1.82) is 0 Å². The Balaban J connectivity index is 2.09. The van der Waals surface area contributed by atoms with Crippen molar-refractivity contribution in [3.63, 3.8) is 0 Å². The minimum absolute atomic E-state index is 0.0446. The zero-order valence-electron chi connectivity index (χ0n) is 15.7. The average molecular weight is 433 g/mol. The molecule has 8 nitrogen and oxygen atoms in total. The number of aromatic nitrogens is 1. The van der Waals surface area contributed by atoms with Crippen LogP contribution in [0.15, 0.2) is 43.0 Å². The number of hydrogen-bond acceptors (Lipinski definition) is 5. The highest BCUT2D eigenvalue weighted by molar-refractivity contribution is 6.29. The molecule has 3 rings (SSSR count). The number of halogens is 2. The lowest BCUT2D eigenvalue weighted by Gasteiger charge is -2.40. The minimum atomic E-state index is -0.989. The Bertz CT molecular complexity index is 1050. The quantitative estimate of drug-likeness (QED) is 0.547. The van der Waals surface area contributed by atoms with Gasteiger partial charge in [0.1, 0.15) is 17.0 Å². The van der Waals surface area contributed by atoms with Gasteiger partial charge in [0.05, 0.1) is 30.5 Å². The second-order valence-corrected chi connectivity index (χ2v) is 6.98. The van der Waals surface area contributed by atoms with Crippen molar-refractivity contribution in [2.45, 2.75) is 12.1 Å². The number of rotatable bonds is 5. The molecule has 2 atom stereocenters. The summed E-state index contributed by atoms with van der Waals surface area (Å²) in [6.07, 6.45) is 1.08. The van der Waals surface area contributed by atoms with Gasteiger partial charge in [-0.3, -0.25) is 14.4 Å². The van der Waals surface area contributed by atoms with E-state index in [4.69, 9.17) is 27.8 Å². The van der Waals surface area contributed by atoms with Crippen molar-refractivity contribution in [3.8, 4) is 11.3 Å². The number of nitrogens with two attached hydrogens (primary N) is 2. The summed E-state index contributed by atoms with van der Waals surface area (Å²) in [6.45, 7) is 3.51. The van der Waals surface area contributed by atoms with Gasteiger partial charge in [-0.05, 0) is 42.0 Å². The fourth-order valence-corrected chi connectivity index (χ4v) is 3.51. The molecule has 1 aliphatic rings. The van der Waals surface area contributed by atoms with Crippen molar-refractivity contribution in [1.82, 2.24) is 9.88 Å². The molecule has 0 spiro atoms.